The second kappa shape index (κ2) is 10.6. The Labute approximate surface area is 206 Å². The molecule has 0 aliphatic carbocycles. The summed E-state index contributed by atoms with van der Waals surface area (Å²) in [6, 6.07) is 15.1. The number of hydrogen-bond acceptors (Lipinski definition) is 6. The van der Waals surface area contributed by atoms with Gasteiger partial charge in [0.15, 0.2) is 5.65 Å². The number of thioether (sulfide) groups is 1. The Kier molecular flexibility index (Phi) is 7.16. The van der Waals surface area contributed by atoms with Gasteiger partial charge in [0.25, 0.3) is 0 Å². The maximum absolute atomic E-state index is 5.05. The van der Waals surface area contributed by atoms with E-state index < -0.39 is 0 Å². The molecule has 1 fully saturated rings. The minimum absolute atomic E-state index is 0.467. The van der Waals surface area contributed by atoms with Gasteiger partial charge in [0.1, 0.15) is 13.7 Å². The van der Waals surface area contributed by atoms with Crippen molar-refractivity contribution in [2.75, 3.05) is 24.2 Å². The number of rotatable bonds is 8. The summed E-state index contributed by atoms with van der Waals surface area (Å²) in [7, 11) is 2.08. The first-order chi connectivity index (χ1) is 16.7. The number of aromatic nitrogens is 4. The fourth-order valence-electron chi connectivity index (χ4n) is 4.68. The molecule has 1 N–H and O–H groups in total. The van der Waals surface area contributed by atoms with Crippen LogP contribution in [0.5, 0.6) is 0 Å². The second-order valence-electron chi connectivity index (χ2n) is 8.94. The topological polar surface area (TPSA) is 58.4 Å². The predicted molar refractivity (Wildman–Crippen MR) is 143 cm³/mol. The Morgan fingerprint density at radius 2 is 1.97 bits per heavy atom. The molecule has 174 valence electrons. The molecular formula is C26H31BN6S. The average Bonchev–Trinajstić information content (AvgIpc) is 3.26. The lowest BCUT2D eigenvalue weighted by Crippen LogP contribution is -2.33. The smallest absolute Gasteiger partial charge is 0.151 e. The first kappa shape index (κ1) is 22.9. The highest BCUT2D eigenvalue weighted by Crippen LogP contribution is 2.31. The van der Waals surface area contributed by atoms with Crippen molar-refractivity contribution in [1.29, 1.82) is 0 Å². The number of likely N-dealkylation sites (tertiary alicyclic amines) is 1. The molecule has 0 radical (unpaired) electrons. The summed E-state index contributed by atoms with van der Waals surface area (Å²) in [5, 5.41) is 8.13. The van der Waals surface area contributed by atoms with Crippen molar-refractivity contribution in [2.24, 2.45) is 0 Å². The zero-order chi connectivity index (χ0) is 23.3. The third-order valence-electron chi connectivity index (χ3n) is 6.54. The molecule has 8 heteroatoms. The standard InChI is InChI=1S/C26H31BN6S/c1-2-34-24-8-4-3-7-21(24)18-32-12-9-20(10-13-32)23-14-25(29-16-19-6-5-11-28-15-19)33-26(31-23)22(27)17-30-33/h3-8,11,14-15,17,20,29H,2,9-10,12-13,16,18,27H2,1H3. The van der Waals surface area contributed by atoms with Crippen molar-refractivity contribution < 1.29 is 0 Å². The minimum atomic E-state index is 0.467. The first-order valence-electron chi connectivity index (χ1n) is 12.1. The average molecular weight is 470 g/mol. The quantitative estimate of drug-likeness (QED) is 0.314. The van der Waals surface area contributed by atoms with Crippen LogP contribution in [0.15, 0.2) is 66.0 Å². The van der Waals surface area contributed by atoms with Crippen molar-refractivity contribution in [3.63, 3.8) is 0 Å². The fraction of sp³-hybridized carbons (Fsp3) is 0.346. The van der Waals surface area contributed by atoms with Crippen LogP contribution in [0.2, 0.25) is 0 Å². The van der Waals surface area contributed by atoms with Crippen molar-refractivity contribution in [3.05, 3.63) is 77.9 Å². The number of nitrogens with one attached hydrogen (secondary N) is 1. The van der Waals surface area contributed by atoms with Gasteiger partial charge < -0.3 is 5.32 Å². The van der Waals surface area contributed by atoms with Crippen LogP contribution in [0.1, 0.15) is 42.5 Å². The maximum Gasteiger partial charge on any atom is 0.151 e. The van der Waals surface area contributed by atoms with Crippen LogP contribution in [0, 0.1) is 0 Å². The summed E-state index contributed by atoms with van der Waals surface area (Å²) in [4.78, 5) is 13.3. The van der Waals surface area contributed by atoms with Gasteiger partial charge >= 0.3 is 0 Å². The van der Waals surface area contributed by atoms with Crippen molar-refractivity contribution in [3.8, 4) is 0 Å². The van der Waals surface area contributed by atoms with Gasteiger partial charge in [-0.2, -0.15) is 9.61 Å². The van der Waals surface area contributed by atoms with Crippen LogP contribution in [0.25, 0.3) is 5.65 Å². The van der Waals surface area contributed by atoms with E-state index in [4.69, 9.17) is 4.98 Å². The predicted octanol–water partition coefficient (Wildman–Crippen LogP) is 3.49. The Hall–Kier alpha value is -2.84. The van der Waals surface area contributed by atoms with Gasteiger partial charge in [-0.3, -0.25) is 9.88 Å². The largest absolute Gasteiger partial charge is 0.366 e. The molecule has 0 amide bonds. The van der Waals surface area contributed by atoms with Crippen molar-refractivity contribution in [1.82, 2.24) is 24.5 Å². The third-order valence-corrected chi connectivity index (χ3v) is 7.53. The molecule has 34 heavy (non-hydrogen) atoms. The van der Waals surface area contributed by atoms with E-state index in [2.05, 4.69) is 71.5 Å². The summed E-state index contributed by atoms with van der Waals surface area (Å²) >= 11 is 1.94. The van der Waals surface area contributed by atoms with Gasteiger partial charge in [0.05, 0.1) is 0 Å². The van der Waals surface area contributed by atoms with E-state index in [1.807, 2.05) is 34.7 Å². The van der Waals surface area contributed by atoms with E-state index in [1.165, 1.54) is 16.2 Å². The molecule has 1 saturated heterocycles. The third kappa shape index (κ3) is 5.13. The summed E-state index contributed by atoms with van der Waals surface area (Å²) in [6.07, 6.45) is 7.85. The monoisotopic (exact) mass is 470 g/mol. The molecule has 4 aromatic rings. The molecule has 0 bridgehead atoms. The zero-order valence-corrected chi connectivity index (χ0v) is 20.8. The number of hydrogen-bond donors (Lipinski definition) is 1. The van der Waals surface area contributed by atoms with E-state index >= 15 is 0 Å². The molecule has 1 aliphatic heterocycles. The second-order valence-corrected chi connectivity index (χ2v) is 10.2. The SMILES string of the molecule is Bc1cnn2c(NCc3cccnc3)cc(C3CCN(Cc4ccccc4SCC)CC3)nc12. The van der Waals surface area contributed by atoms with E-state index in [9.17, 15) is 0 Å². The molecule has 0 atom stereocenters. The molecule has 4 heterocycles. The lowest BCUT2D eigenvalue weighted by atomic mass is 9.92. The Morgan fingerprint density at radius 1 is 1.12 bits per heavy atom. The summed E-state index contributed by atoms with van der Waals surface area (Å²) in [6.45, 7) is 6.15. The van der Waals surface area contributed by atoms with Gasteiger partial charge in [-0.05, 0) is 60.4 Å². The van der Waals surface area contributed by atoms with E-state index in [0.29, 0.717) is 12.5 Å². The maximum atomic E-state index is 5.05. The van der Waals surface area contributed by atoms with Gasteiger partial charge in [-0.1, -0.05) is 31.2 Å². The van der Waals surface area contributed by atoms with Gasteiger partial charge in [0, 0.05) is 54.3 Å². The molecule has 6 nitrogen and oxygen atoms in total. The fourth-order valence-corrected chi connectivity index (χ4v) is 5.48. The summed E-state index contributed by atoms with van der Waals surface area (Å²) in [5.74, 6) is 2.57. The number of piperidine rings is 1. The number of fused-ring (bicyclic) bond motifs is 1. The van der Waals surface area contributed by atoms with Crippen LogP contribution in [0.3, 0.4) is 0 Å². The minimum Gasteiger partial charge on any atom is -0.366 e. The molecular weight excluding hydrogens is 439 g/mol. The molecule has 0 saturated carbocycles. The van der Waals surface area contributed by atoms with E-state index in [-0.39, 0.29) is 0 Å². The van der Waals surface area contributed by atoms with Crippen LogP contribution < -0.4 is 10.8 Å². The Bertz CT molecular complexity index is 1240. The lowest BCUT2D eigenvalue weighted by Gasteiger charge is -2.32. The molecule has 1 aromatic carbocycles. The van der Waals surface area contributed by atoms with Crippen LogP contribution in [0.4, 0.5) is 5.82 Å². The van der Waals surface area contributed by atoms with Crippen molar-refractivity contribution in [2.45, 2.75) is 43.7 Å². The normalized spacial score (nSPS) is 15.1. The summed E-state index contributed by atoms with van der Waals surface area (Å²) in [5.41, 5.74) is 5.82. The number of anilines is 1. The molecule has 1 aliphatic rings. The highest BCUT2D eigenvalue weighted by Gasteiger charge is 2.24. The van der Waals surface area contributed by atoms with Gasteiger partial charge in [-0.25, -0.2) is 4.98 Å². The summed E-state index contributed by atoms with van der Waals surface area (Å²) < 4.78 is 1.92. The molecule has 3 aromatic heterocycles. The lowest BCUT2D eigenvalue weighted by molar-refractivity contribution is 0.202. The zero-order valence-electron chi connectivity index (χ0n) is 19.9. The van der Waals surface area contributed by atoms with Crippen LogP contribution in [-0.2, 0) is 13.1 Å². The first-order valence-corrected chi connectivity index (χ1v) is 13.1. The van der Waals surface area contributed by atoms with Gasteiger partial charge in [0.2, 0.25) is 0 Å². The van der Waals surface area contributed by atoms with Crippen molar-refractivity contribution >= 4 is 36.5 Å². The molecule has 5 rings (SSSR count). The van der Waals surface area contributed by atoms with Crippen LogP contribution in [-0.4, -0.2) is 51.2 Å². The van der Waals surface area contributed by atoms with Gasteiger partial charge in [-0.15, -0.1) is 11.8 Å². The Morgan fingerprint density at radius 3 is 2.76 bits per heavy atom. The van der Waals surface area contributed by atoms with Crippen LogP contribution >= 0.6 is 11.8 Å². The number of nitrogens with zero attached hydrogens (tertiary/aromatic N) is 5. The highest BCUT2D eigenvalue weighted by molar-refractivity contribution is 7.99. The molecule has 0 unspecified atom stereocenters. The number of pyridine rings is 1. The van der Waals surface area contributed by atoms with E-state index in [1.54, 1.807) is 6.20 Å². The molecule has 0 spiro atoms. The number of benzene rings is 1. The van der Waals surface area contributed by atoms with E-state index in [0.717, 1.165) is 60.7 Å². The highest BCUT2D eigenvalue weighted by atomic mass is 32.2. The Balaban J connectivity index is 1.30.